The van der Waals surface area contributed by atoms with Gasteiger partial charge in [-0.2, -0.15) is 13.2 Å². The van der Waals surface area contributed by atoms with Crippen molar-refractivity contribution in [3.8, 4) is 5.75 Å². The van der Waals surface area contributed by atoms with Crippen LogP contribution in [0.1, 0.15) is 24.8 Å². The fraction of sp³-hybridized carbons (Fsp3) is 0.300. The summed E-state index contributed by atoms with van der Waals surface area (Å²) < 4.78 is 48.8. The normalized spacial score (nSPS) is 11.7. The number of rotatable bonds is 8. The molecule has 0 radical (unpaired) electrons. The maximum Gasteiger partial charge on any atom is 0.416 e. The molecule has 3 rings (SSSR count). The largest absolute Gasteiger partial charge is 0.487 e. The number of alkyl halides is 3. The SMILES string of the molecule is O=c1ccocc1OCCCCCSc1ccnc2cc(C(F)(F)F)ccc12. The number of nitrogens with zero attached hydrogens (tertiary/aromatic N) is 1. The van der Waals surface area contributed by atoms with E-state index in [0.717, 1.165) is 47.4 Å². The summed E-state index contributed by atoms with van der Waals surface area (Å²) in [7, 11) is 0. The lowest BCUT2D eigenvalue weighted by Crippen LogP contribution is -2.07. The molecule has 4 nitrogen and oxygen atoms in total. The average molecular weight is 409 g/mol. The Bertz CT molecular complexity index is 988. The van der Waals surface area contributed by atoms with Crippen molar-refractivity contribution in [1.29, 1.82) is 0 Å². The number of unbranched alkanes of at least 4 members (excludes halogenated alkanes) is 2. The molecule has 0 aliphatic rings. The van der Waals surface area contributed by atoms with Crippen LogP contribution in [-0.2, 0) is 6.18 Å². The van der Waals surface area contributed by atoms with Crippen LogP contribution in [0.5, 0.6) is 5.75 Å². The van der Waals surface area contributed by atoms with Crippen molar-refractivity contribution in [2.24, 2.45) is 0 Å². The summed E-state index contributed by atoms with van der Waals surface area (Å²) in [5.41, 5.74) is -0.558. The third-order valence-corrected chi connectivity index (χ3v) is 5.21. The number of benzene rings is 1. The highest BCUT2D eigenvalue weighted by molar-refractivity contribution is 7.99. The van der Waals surface area contributed by atoms with Crippen molar-refractivity contribution in [3.05, 3.63) is 64.8 Å². The number of aromatic nitrogens is 1. The highest BCUT2D eigenvalue weighted by Gasteiger charge is 2.30. The van der Waals surface area contributed by atoms with E-state index in [1.807, 2.05) is 6.07 Å². The van der Waals surface area contributed by atoms with E-state index in [-0.39, 0.29) is 11.2 Å². The van der Waals surface area contributed by atoms with Crippen molar-refractivity contribution in [2.75, 3.05) is 12.4 Å². The standard InChI is InChI=1S/C20H18F3NO3S/c21-20(22,23)14-4-5-15-16(12-14)24-8-6-19(15)28-11-3-1-2-9-27-18-13-26-10-7-17(18)25/h4-8,10,12-13H,1-3,9,11H2. The van der Waals surface area contributed by atoms with E-state index < -0.39 is 11.7 Å². The van der Waals surface area contributed by atoms with Crippen LogP contribution < -0.4 is 10.2 Å². The van der Waals surface area contributed by atoms with Gasteiger partial charge in [-0.25, -0.2) is 0 Å². The molecule has 0 N–H and O–H groups in total. The molecule has 0 saturated heterocycles. The summed E-state index contributed by atoms with van der Waals surface area (Å²) in [6.45, 7) is 0.428. The van der Waals surface area contributed by atoms with Crippen molar-refractivity contribution < 1.29 is 22.3 Å². The summed E-state index contributed by atoms with van der Waals surface area (Å²) in [4.78, 5) is 16.4. The Labute approximate surface area is 163 Å². The van der Waals surface area contributed by atoms with Gasteiger partial charge in [-0.05, 0) is 43.2 Å². The molecule has 0 amide bonds. The van der Waals surface area contributed by atoms with E-state index in [1.54, 1.807) is 11.8 Å². The molecule has 0 aliphatic carbocycles. The molecule has 2 heterocycles. The first kappa shape index (κ1) is 20.3. The average Bonchev–Trinajstić information content (AvgIpc) is 2.67. The number of pyridine rings is 1. The first-order chi connectivity index (χ1) is 13.4. The molecule has 0 saturated carbocycles. The van der Waals surface area contributed by atoms with Gasteiger partial charge in [-0.15, -0.1) is 11.8 Å². The van der Waals surface area contributed by atoms with E-state index in [0.29, 0.717) is 12.1 Å². The predicted octanol–water partition coefficient (Wildman–Crippen LogP) is 5.55. The topological polar surface area (TPSA) is 52.3 Å². The van der Waals surface area contributed by atoms with E-state index in [1.165, 1.54) is 30.9 Å². The molecule has 0 spiro atoms. The van der Waals surface area contributed by atoms with E-state index in [9.17, 15) is 18.0 Å². The van der Waals surface area contributed by atoms with Crippen LogP contribution in [0.3, 0.4) is 0 Å². The minimum Gasteiger partial charge on any atom is -0.487 e. The zero-order valence-corrected chi connectivity index (χ0v) is 15.7. The Kier molecular flexibility index (Phi) is 6.61. The van der Waals surface area contributed by atoms with Crippen molar-refractivity contribution in [1.82, 2.24) is 4.98 Å². The zero-order valence-electron chi connectivity index (χ0n) is 14.9. The fourth-order valence-corrected chi connectivity index (χ4v) is 3.67. The molecular formula is C20H18F3NO3S. The predicted molar refractivity (Wildman–Crippen MR) is 102 cm³/mol. The second-order valence-electron chi connectivity index (χ2n) is 6.08. The maximum absolute atomic E-state index is 12.8. The van der Waals surface area contributed by atoms with Gasteiger partial charge in [-0.3, -0.25) is 9.78 Å². The van der Waals surface area contributed by atoms with E-state index in [2.05, 4.69) is 4.98 Å². The first-order valence-corrected chi connectivity index (χ1v) is 9.72. The zero-order chi connectivity index (χ0) is 20.0. The minimum absolute atomic E-state index is 0.207. The maximum atomic E-state index is 12.8. The second-order valence-corrected chi connectivity index (χ2v) is 7.22. The van der Waals surface area contributed by atoms with Gasteiger partial charge in [0.15, 0.2) is 0 Å². The van der Waals surface area contributed by atoms with E-state index >= 15 is 0 Å². The molecule has 0 unspecified atom stereocenters. The Morgan fingerprint density at radius 1 is 1.11 bits per heavy atom. The van der Waals surface area contributed by atoms with Gasteiger partial charge in [0.05, 0.1) is 24.0 Å². The summed E-state index contributed by atoms with van der Waals surface area (Å²) in [5.74, 6) is 1.03. The highest BCUT2D eigenvalue weighted by atomic mass is 32.2. The molecule has 3 aromatic rings. The third-order valence-electron chi connectivity index (χ3n) is 4.05. The minimum atomic E-state index is -4.37. The fourth-order valence-electron chi connectivity index (χ4n) is 2.62. The number of halogens is 3. The first-order valence-electron chi connectivity index (χ1n) is 8.73. The quantitative estimate of drug-likeness (QED) is 0.361. The Hall–Kier alpha value is -2.48. The number of hydrogen-bond donors (Lipinski definition) is 0. The smallest absolute Gasteiger partial charge is 0.416 e. The van der Waals surface area contributed by atoms with Crippen LogP contribution in [0.4, 0.5) is 13.2 Å². The molecule has 8 heteroatoms. The van der Waals surface area contributed by atoms with Gasteiger partial charge in [0.25, 0.3) is 0 Å². The summed E-state index contributed by atoms with van der Waals surface area (Å²) >= 11 is 1.59. The number of hydrogen-bond acceptors (Lipinski definition) is 5. The molecule has 2 aromatic heterocycles. The van der Waals surface area contributed by atoms with Gasteiger partial charge in [-0.1, -0.05) is 6.07 Å². The van der Waals surface area contributed by atoms with Crippen LogP contribution in [-0.4, -0.2) is 17.3 Å². The van der Waals surface area contributed by atoms with Crippen LogP contribution in [0.25, 0.3) is 10.9 Å². The molecule has 0 fully saturated rings. The van der Waals surface area contributed by atoms with Gasteiger partial charge in [0.2, 0.25) is 11.2 Å². The molecule has 0 aliphatic heterocycles. The molecule has 1 aromatic carbocycles. The summed E-state index contributed by atoms with van der Waals surface area (Å²) in [6.07, 6.45) is 2.37. The summed E-state index contributed by atoms with van der Waals surface area (Å²) in [6, 6.07) is 6.77. The molecule has 148 valence electrons. The third kappa shape index (κ3) is 5.28. The molecule has 0 bridgehead atoms. The Balaban J connectivity index is 1.46. The molecular weight excluding hydrogens is 391 g/mol. The number of fused-ring (bicyclic) bond motifs is 1. The van der Waals surface area contributed by atoms with Crippen molar-refractivity contribution >= 4 is 22.7 Å². The van der Waals surface area contributed by atoms with Crippen LogP contribution >= 0.6 is 11.8 Å². The molecule has 28 heavy (non-hydrogen) atoms. The van der Waals surface area contributed by atoms with Crippen LogP contribution in [0.2, 0.25) is 0 Å². The lowest BCUT2D eigenvalue weighted by molar-refractivity contribution is -0.137. The monoisotopic (exact) mass is 409 g/mol. The number of ether oxygens (including phenoxy) is 1. The Morgan fingerprint density at radius 3 is 2.75 bits per heavy atom. The van der Waals surface area contributed by atoms with Gasteiger partial charge < -0.3 is 9.15 Å². The van der Waals surface area contributed by atoms with Gasteiger partial charge in [0.1, 0.15) is 6.26 Å². The van der Waals surface area contributed by atoms with Gasteiger partial charge in [0, 0.05) is 22.5 Å². The van der Waals surface area contributed by atoms with Crippen molar-refractivity contribution in [3.63, 3.8) is 0 Å². The molecule has 0 atom stereocenters. The summed E-state index contributed by atoms with van der Waals surface area (Å²) in [5, 5.41) is 0.722. The lowest BCUT2D eigenvalue weighted by atomic mass is 10.1. The van der Waals surface area contributed by atoms with Gasteiger partial charge >= 0.3 is 6.18 Å². The highest BCUT2D eigenvalue weighted by Crippen LogP contribution is 2.33. The number of thioether (sulfide) groups is 1. The van der Waals surface area contributed by atoms with E-state index in [4.69, 9.17) is 9.15 Å². The van der Waals surface area contributed by atoms with Crippen LogP contribution in [0.15, 0.2) is 63.2 Å². The van der Waals surface area contributed by atoms with Crippen LogP contribution in [0, 0.1) is 0 Å². The Morgan fingerprint density at radius 2 is 1.96 bits per heavy atom. The van der Waals surface area contributed by atoms with Crippen molar-refractivity contribution in [2.45, 2.75) is 30.3 Å². The second kappa shape index (κ2) is 9.14. The lowest BCUT2D eigenvalue weighted by Gasteiger charge is -2.10.